The molecule has 2 nitrogen and oxygen atoms in total. The van der Waals surface area contributed by atoms with Crippen molar-refractivity contribution in [3.05, 3.63) is 23.8 Å². The van der Waals surface area contributed by atoms with Gasteiger partial charge in [-0.1, -0.05) is 51.0 Å². The highest BCUT2D eigenvalue weighted by molar-refractivity contribution is 5.60. The molecule has 1 aliphatic heterocycles. The van der Waals surface area contributed by atoms with Gasteiger partial charge < -0.3 is 10.1 Å². The molecule has 1 aromatic carbocycles. The highest BCUT2D eigenvalue weighted by atomic mass is 16.5. The van der Waals surface area contributed by atoms with E-state index in [4.69, 9.17) is 4.74 Å². The fourth-order valence-electron chi connectivity index (χ4n) is 3.69. The van der Waals surface area contributed by atoms with Crippen molar-refractivity contribution < 1.29 is 4.74 Å². The van der Waals surface area contributed by atoms with E-state index in [-0.39, 0.29) is 0 Å². The molecule has 0 spiro atoms. The van der Waals surface area contributed by atoms with E-state index in [2.05, 4.69) is 30.4 Å². The minimum absolute atomic E-state index is 0.361. The molecular weight excluding hydrogens is 258 g/mol. The SMILES string of the molecule is Cc1ccc2c(c1)NC1CCCCCCCCCCC1O2. The van der Waals surface area contributed by atoms with Crippen LogP contribution < -0.4 is 10.1 Å². The summed E-state index contributed by atoms with van der Waals surface area (Å²) in [5.41, 5.74) is 2.50. The van der Waals surface area contributed by atoms with Crippen LogP contribution in [0.5, 0.6) is 5.75 Å². The number of hydrogen-bond acceptors (Lipinski definition) is 2. The molecule has 1 aromatic rings. The summed E-state index contributed by atoms with van der Waals surface area (Å²) in [6, 6.07) is 7.00. The van der Waals surface area contributed by atoms with Crippen molar-refractivity contribution in [2.45, 2.75) is 83.3 Å². The second kappa shape index (κ2) is 7.20. The van der Waals surface area contributed by atoms with E-state index < -0.39 is 0 Å². The molecular formula is C19H29NO. The number of fused-ring (bicyclic) bond motifs is 2. The number of benzene rings is 1. The maximum absolute atomic E-state index is 6.33. The molecule has 3 rings (SSSR count). The fourth-order valence-corrected chi connectivity index (χ4v) is 3.69. The topological polar surface area (TPSA) is 21.3 Å². The highest BCUT2D eigenvalue weighted by Gasteiger charge is 2.28. The summed E-state index contributed by atoms with van der Waals surface area (Å²) in [5, 5.41) is 3.77. The van der Waals surface area contributed by atoms with Gasteiger partial charge >= 0.3 is 0 Å². The molecule has 1 heterocycles. The van der Waals surface area contributed by atoms with Crippen LogP contribution in [0.2, 0.25) is 0 Å². The van der Waals surface area contributed by atoms with Crippen LogP contribution in [0, 0.1) is 6.92 Å². The van der Waals surface area contributed by atoms with Crippen LogP contribution in [-0.4, -0.2) is 12.1 Å². The first-order chi connectivity index (χ1) is 10.3. The molecule has 21 heavy (non-hydrogen) atoms. The van der Waals surface area contributed by atoms with Crippen molar-refractivity contribution >= 4 is 5.69 Å². The summed E-state index contributed by atoms with van der Waals surface area (Å²) >= 11 is 0. The number of hydrogen-bond donors (Lipinski definition) is 1. The summed E-state index contributed by atoms with van der Waals surface area (Å²) in [5.74, 6) is 1.05. The summed E-state index contributed by atoms with van der Waals surface area (Å²) in [4.78, 5) is 0. The zero-order valence-electron chi connectivity index (χ0n) is 13.4. The first-order valence-corrected chi connectivity index (χ1v) is 8.87. The Morgan fingerprint density at radius 1 is 0.905 bits per heavy atom. The van der Waals surface area contributed by atoms with Crippen LogP contribution in [0.4, 0.5) is 5.69 Å². The van der Waals surface area contributed by atoms with Gasteiger partial charge in [-0.25, -0.2) is 0 Å². The normalized spacial score (nSPS) is 27.1. The molecule has 2 atom stereocenters. The lowest BCUT2D eigenvalue weighted by atomic mass is 9.94. The van der Waals surface area contributed by atoms with Crippen molar-refractivity contribution in [2.24, 2.45) is 0 Å². The van der Waals surface area contributed by atoms with Crippen molar-refractivity contribution in [3.8, 4) is 5.75 Å². The predicted octanol–water partition coefficient (Wildman–Crippen LogP) is 5.45. The van der Waals surface area contributed by atoms with E-state index in [0.717, 1.165) is 5.75 Å². The Morgan fingerprint density at radius 2 is 1.57 bits per heavy atom. The lowest BCUT2D eigenvalue weighted by Gasteiger charge is -2.36. The number of anilines is 1. The Hall–Kier alpha value is -1.18. The van der Waals surface area contributed by atoms with E-state index in [9.17, 15) is 0 Å². The average Bonchev–Trinajstić information content (AvgIpc) is 2.47. The van der Waals surface area contributed by atoms with Gasteiger partial charge in [0, 0.05) is 0 Å². The third-order valence-electron chi connectivity index (χ3n) is 4.96. The molecule has 2 heteroatoms. The molecule has 0 radical (unpaired) electrons. The zero-order valence-corrected chi connectivity index (χ0v) is 13.4. The number of nitrogens with one attached hydrogen (secondary N) is 1. The molecule has 0 aromatic heterocycles. The first-order valence-electron chi connectivity index (χ1n) is 8.87. The van der Waals surface area contributed by atoms with Gasteiger partial charge in [0.05, 0.1) is 11.7 Å². The van der Waals surface area contributed by atoms with Gasteiger partial charge in [0.15, 0.2) is 0 Å². The van der Waals surface area contributed by atoms with Crippen molar-refractivity contribution in [1.29, 1.82) is 0 Å². The molecule has 2 unspecified atom stereocenters. The second-order valence-corrected chi connectivity index (χ2v) is 6.81. The summed E-state index contributed by atoms with van der Waals surface area (Å²) < 4.78 is 6.33. The van der Waals surface area contributed by atoms with Gasteiger partial charge in [0.1, 0.15) is 11.9 Å². The van der Waals surface area contributed by atoms with E-state index in [1.807, 2.05) is 0 Å². The minimum atomic E-state index is 0.361. The molecule has 0 amide bonds. The maximum Gasteiger partial charge on any atom is 0.142 e. The molecule has 0 saturated heterocycles. The Morgan fingerprint density at radius 3 is 2.33 bits per heavy atom. The van der Waals surface area contributed by atoms with Crippen molar-refractivity contribution in [2.75, 3.05) is 5.32 Å². The van der Waals surface area contributed by atoms with Gasteiger partial charge in [-0.3, -0.25) is 0 Å². The molecule has 2 aliphatic rings. The molecule has 1 fully saturated rings. The van der Waals surface area contributed by atoms with Gasteiger partial charge in [0.25, 0.3) is 0 Å². The maximum atomic E-state index is 6.33. The Labute approximate surface area is 129 Å². The molecule has 116 valence electrons. The van der Waals surface area contributed by atoms with Crippen LogP contribution in [-0.2, 0) is 0 Å². The quantitative estimate of drug-likeness (QED) is 0.685. The van der Waals surface area contributed by atoms with E-state index in [1.165, 1.54) is 75.5 Å². The smallest absolute Gasteiger partial charge is 0.142 e. The van der Waals surface area contributed by atoms with Gasteiger partial charge in [-0.05, 0) is 43.9 Å². The molecule has 0 bridgehead atoms. The average molecular weight is 287 g/mol. The van der Waals surface area contributed by atoms with E-state index in [0.29, 0.717) is 12.1 Å². The van der Waals surface area contributed by atoms with Gasteiger partial charge in [-0.15, -0.1) is 0 Å². The van der Waals surface area contributed by atoms with Crippen LogP contribution in [0.25, 0.3) is 0 Å². The summed E-state index contributed by atoms with van der Waals surface area (Å²) in [6.07, 6.45) is 13.9. The Bertz CT molecular complexity index is 457. The van der Waals surface area contributed by atoms with Crippen LogP contribution in [0.1, 0.15) is 69.8 Å². The Balaban J connectivity index is 1.70. The number of ether oxygens (including phenoxy) is 1. The fraction of sp³-hybridized carbons (Fsp3) is 0.684. The van der Waals surface area contributed by atoms with Crippen molar-refractivity contribution in [1.82, 2.24) is 0 Å². The van der Waals surface area contributed by atoms with Crippen LogP contribution in [0.15, 0.2) is 18.2 Å². The molecule has 1 saturated carbocycles. The second-order valence-electron chi connectivity index (χ2n) is 6.81. The lowest BCUT2D eigenvalue weighted by molar-refractivity contribution is 0.148. The summed E-state index contributed by atoms with van der Waals surface area (Å²) in [7, 11) is 0. The largest absolute Gasteiger partial charge is 0.486 e. The standard InChI is InChI=1S/C19H29NO/c1-15-12-13-19-17(14-15)20-16-10-8-6-4-2-3-5-7-9-11-18(16)21-19/h12-14,16,18,20H,2-11H2,1H3. The van der Waals surface area contributed by atoms with Gasteiger partial charge in [-0.2, -0.15) is 0 Å². The number of aryl methyl sites for hydroxylation is 1. The number of rotatable bonds is 0. The summed E-state index contributed by atoms with van der Waals surface area (Å²) in [6.45, 7) is 2.15. The first kappa shape index (κ1) is 14.7. The third-order valence-corrected chi connectivity index (χ3v) is 4.96. The van der Waals surface area contributed by atoms with Gasteiger partial charge in [0.2, 0.25) is 0 Å². The third kappa shape index (κ3) is 3.93. The lowest BCUT2D eigenvalue weighted by Crippen LogP contribution is -2.41. The van der Waals surface area contributed by atoms with Crippen molar-refractivity contribution in [3.63, 3.8) is 0 Å². The predicted molar refractivity (Wildman–Crippen MR) is 89.2 cm³/mol. The minimum Gasteiger partial charge on any atom is -0.486 e. The van der Waals surface area contributed by atoms with Crippen LogP contribution >= 0.6 is 0 Å². The van der Waals surface area contributed by atoms with E-state index >= 15 is 0 Å². The molecule has 1 aliphatic carbocycles. The Kier molecular flexibility index (Phi) is 5.05. The monoisotopic (exact) mass is 287 g/mol. The highest BCUT2D eigenvalue weighted by Crippen LogP contribution is 2.35. The molecule has 1 N–H and O–H groups in total. The van der Waals surface area contributed by atoms with Crippen LogP contribution in [0.3, 0.4) is 0 Å². The zero-order chi connectivity index (χ0) is 14.5. The van der Waals surface area contributed by atoms with E-state index in [1.54, 1.807) is 0 Å².